The molecule has 0 aromatic carbocycles. The number of hydrogen-bond donors (Lipinski definition) is 1. The van der Waals surface area contributed by atoms with Crippen LogP contribution in [-0.2, 0) is 19.1 Å². The molecule has 0 unspecified atom stereocenters. The molecular weight excluding hydrogens is 308 g/mol. The van der Waals surface area contributed by atoms with E-state index in [-0.39, 0.29) is 24.2 Å². The Hall–Kier alpha value is -1.85. The predicted octanol–water partition coefficient (Wildman–Crippen LogP) is 1.55. The maximum atomic E-state index is 13.0. The van der Waals surface area contributed by atoms with Crippen molar-refractivity contribution >= 4 is 17.8 Å². The van der Waals surface area contributed by atoms with E-state index in [9.17, 15) is 14.4 Å². The molecule has 0 spiro atoms. The predicted molar refractivity (Wildman–Crippen MR) is 88.0 cm³/mol. The molecule has 132 valence electrons. The van der Waals surface area contributed by atoms with Gasteiger partial charge in [-0.05, 0) is 44.4 Å². The van der Waals surface area contributed by atoms with Crippen LogP contribution in [0.2, 0.25) is 0 Å². The zero-order valence-corrected chi connectivity index (χ0v) is 14.0. The Morgan fingerprint density at radius 2 is 2.08 bits per heavy atom. The van der Waals surface area contributed by atoms with Crippen molar-refractivity contribution in [3.63, 3.8) is 0 Å². The van der Waals surface area contributed by atoms with Gasteiger partial charge in [-0.3, -0.25) is 14.4 Å². The summed E-state index contributed by atoms with van der Waals surface area (Å²) in [5.41, 5.74) is 0. The summed E-state index contributed by atoms with van der Waals surface area (Å²) in [4.78, 5) is 38.5. The fourth-order valence-corrected chi connectivity index (χ4v) is 3.78. The Bertz CT molecular complexity index is 531. The molecule has 2 aliphatic heterocycles. The first-order valence-electron chi connectivity index (χ1n) is 9.08. The third-order valence-corrected chi connectivity index (χ3v) is 5.16. The van der Waals surface area contributed by atoms with Crippen molar-refractivity contribution in [3.8, 4) is 0 Å². The average Bonchev–Trinajstić information content (AvgIpc) is 2.91. The molecule has 0 aromatic rings. The summed E-state index contributed by atoms with van der Waals surface area (Å²) >= 11 is 0. The van der Waals surface area contributed by atoms with Gasteiger partial charge in [0.15, 0.2) is 6.10 Å². The van der Waals surface area contributed by atoms with Crippen molar-refractivity contribution in [2.24, 2.45) is 5.92 Å². The minimum atomic E-state index is -0.715. The number of hydrogen-bond acceptors (Lipinski definition) is 4. The summed E-state index contributed by atoms with van der Waals surface area (Å²) < 4.78 is 5.17. The van der Waals surface area contributed by atoms with Crippen molar-refractivity contribution in [2.75, 3.05) is 13.1 Å². The molecule has 2 amide bonds. The van der Waals surface area contributed by atoms with Crippen LogP contribution in [0.25, 0.3) is 0 Å². The number of rotatable bonds is 4. The highest BCUT2D eigenvalue weighted by molar-refractivity contribution is 5.91. The number of carbonyl (C=O) groups excluding carboxylic acids is 3. The van der Waals surface area contributed by atoms with E-state index in [1.165, 1.54) is 0 Å². The molecule has 1 N–H and O–H groups in total. The number of ether oxygens (including phenoxy) is 1. The highest BCUT2D eigenvalue weighted by Crippen LogP contribution is 2.25. The molecule has 6 nitrogen and oxygen atoms in total. The quantitative estimate of drug-likeness (QED) is 0.625. The standard InChI is InChI=1S/C18H26N2O4/c21-16-10-9-15(24-16)18(23)20(12-13-6-2-1-3-7-13)14-8-4-5-11-19-17(14)22/h1-2,13-15H,3-12H2,(H,19,22)/t13-,14-,15-/m0/s1. The molecule has 0 radical (unpaired) electrons. The smallest absolute Gasteiger partial charge is 0.306 e. The van der Waals surface area contributed by atoms with Gasteiger partial charge in [0.05, 0.1) is 0 Å². The molecule has 1 aliphatic carbocycles. The molecule has 2 heterocycles. The number of allylic oxidation sites excluding steroid dienone is 2. The minimum absolute atomic E-state index is 0.0727. The molecule has 3 aliphatic rings. The lowest BCUT2D eigenvalue weighted by atomic mass is 9.92. The van der Waals surface area contributed by atoms with Gasteiger partial charge in [-0.1, -0.05) is 12.2 Å². The van der Waals surface area contributed by atoms with Crippen molar-refractivity contribution in [1.82, 2.24) is 10.2 Å². The third-order valence-electron chi connectivity index (χ3n) is 5.16. The lowest BCUT2D eigenvalue weighted by molar-refractivity contribution is -0.156. The summed E-state index contributed by atoms with van der Waals surface area (Å²) in [5, 5.41) is 2.91. The van der Waals surface area contributed by atoms with E-state index >= 15 is 0 Å². The summed E-state index contributed by atoms with van der Waals surface area (Å²) in [7, 11) is 0. The van der Waals surface area contributed by atoms with Gasteiger partial charge in [0, 0.05) is 25.9 Å². The van der Waals surface area contributed by atoms with E-state index < -0.39 is 12.1 Å². The second-order valence-electron chi connectivity index (χ2n) is 6.96. The van der Waals surface area contributed by atoms with Gasteiger partial charge in [-0.2, -0.15) is 0 Å². The van der Waals surface area contributed by atoms with Crippen LogP contribution in [0, 0.1) is 5.92 Å². The Balaban J connectivity index is 1.76. The van der Waals surface area contributed by atoms with E-state index in [2.05, 4.69) is 17.5 Å². The zero-order chi connectivity index (χ0) is 16.9. The normalized spacial score (nSPS) is 30.4. The van der Waals surface area contributed by atoms with Crippen LogP contribution in [0.15, 0.2) is 12.2 Å². The van der Waals surface area contributed by atoms with Crippen LogP contribution in [-0.4, -0.2) is 47.9 Å². The van der Waals surface area contributed by atoms with E-state index in [1.807, 2.05) is 0 Å². The first-order chi connectivity index (χ1) is 11.6. The molecule has 3 atom stereocenters. The van der Waals surface area contributed by atoms with E-state index in [0.717, 1.165) is 32.1 Å². The fraction of sp³-hybridized carbons (Fsp3) is 0.722. The van der Waals surface area contributed by atoms with E-state index in [0.29, 0.717) is 31.8 Å². The molecule has 3 rings (SSSR count). The number of cyclic esters (lactones) is 1. The minimum Gasteiger partial charge on any atom is -0.452 e. The van der Waals surface area contributed by atoms with Crippen molar-refractivity contribution in [1.29, 1.82) is 0 Å². The first kappa shape index (κ1) is 17.0. The first-order valence-corrected chi connectivity index (χ1v) is 9.08. The Morgan fingerprint density at radius 3 is 2.79 bits per heavy atom. The Morgan fingerprint density at radius 1 is 1.21 bits per heavy atom. The summed E-state index contributed by atoms with van der Waals surface area (Å²) in [5.74, 6) is -0.222. The lowest BCUT2D eigenvalue weighted by Crippen LogP contribution is -2.53. The summed E-state index contributed by atoms with van der Waals surface area (Å²) in [6.45, 7) is 1.23. The van der Waals surface area contributed by atoms with Crippen LogP contribution in [0.1, 0.15) is 51.4 Å². The highest BCUT2D eigenvalue weighted by Gasteiger charge is 2.39. The van der Waals surface area contributed by atoms with Gasteiger partial charge >= 0.3 is 5.97 Å². The number of nitrogens with zero attached hydrogens (tertiary/aromatic N) is 1. The van der Waals surface area contributed by atoms with Crippen LogP contribution < -0.4 is 5.32 Å². The fourth-order valence-electron chi connectivity index (χ4n) is 3.78. The van der Waals surface area contributed by atoms with Gasteiger partial charge < -0.3 is 15.0 Å². The Labute approximate surface area is 142 Å². The second kappa shape index (κ2) is 7.81. The average molecular weight is 334 g/mol. The zero-order valence-electron chi connectivity index (χ0n) is 14.0. The second-order valence-corrected chi connectivity index (χ2v) is 6.96. The van der Waals surface area contributed by atoms with E-state index in [1.54, 1.807) is 4.90 Å². The number of esters is 1. The molecule has 2 fully saturated rings. The number of carbonyl (C=O) groups is 3. The van der Waals surface area contributed by atoms with Crippen molar-refractivity contribution in [3.05, 3.63) is 12.2 Å². The van der Waals surface area contributed by atoms with Crippen LogP contribution >= 0.6 is 0 Å². The molecule has 0 saturated carbocycles. The topological polar surface area (TPSA) is 75.7 Å². The van der Waals surface area contributed by atoms with Crippen molar-refractivity contribution < 1.29 is 19.1 Å². The van der Waals surface area contributed by atoms with Gasteiger partial charge in [-0.25, -0.2) is 0 Å². The molecule has 6 heteroatoms. The van der Waals surface area contributed by atoms with Gasteiger partial charge in [0.1, 0.15) is 6.04 Å². The molecule has 0 aromatic heterocycles. The van der Waals surface area contributed by atoms with Crippen LogP contribution in [0.5, 0.6) is 0 Å². The Kier molecular flexibility index (Phi) is 5.53. The lowest BCUT2D eigenvalue weighted by Gasteiger charge is -2.34. The summed E-state index contributed by atoms with van der Waals surface area (Å²) in [6, 6.07) is -0.440. The number of amides is 2. The van der Waals surface area contributed by atoms with Crippen LogP contribution in [0.4, 0.5) is 0 Å². The van der Waals surface area contributed by atoms with Gasteiger partial charge in [0.25, 0.3) is 5.91 Å². The van der Waals surface area contributed by atoms with Crippen molar-refractivity contribution in [2.45, 2.75) is 63.5 Å². The SMILES string of the molecule is O=C1CC[C@@H](C(=O)N(C[C@H]2CC=CCC2)[C@H]2CCCCNC2=O)O1. The molecule has 0 bridgehead atoms. The maximum absolute atomic E-state index is 13.0. The number of nitrogens with one attached hydrogen (secondary N) is 1. The molecular formula is C18H26N2O4. The highest BCUT2D eigenvalue weighted by atomic mass is 16.6. The van der Waals surface area contributed by atoms with Gasteiger partial charge in [0.2, 0.25) is 5.91 Å². The third kappa shape index (κ3) is 3.97. The largest absolute Gasteiger partial charge is 0.452 e. The van der Waals surface area contributed by atoms with E-state index in [4.69, 9.17) is 4.74 Å². The maximum Gasteiger partial charge on any atom is 0.306 e. The monoisotopic (exact) mass is 334 g/mol. The van der Waals surface area contributed by atoms with Gasteiger partial charge in [-0.15, -0.1) is 0 Å². The van der Waals surface area contributed by atoms with Crippen LogP contribution in [0.3, 0.4) is 0 Å². The molecule has 2 saturated heterocycles. The summed E-state index contributed by atoms with van der Waals surface area (Å²) in [6.07, 6.45) is 9.83. The molecule has 24 heavy (non-hydrogen) atoms.